The zero-order valence-corrected chi connectivity index (χ0v) is 15.5. The normalized spacial score (nSPS) is 18.7. The van der Waals surface area contributed by atoms with Crippen LogP contribution in [0, 0.1) is 0 Å². The maximum atomic E-state index is 12.2. The quantitative estimate of drug-likeness (QED) is 0.705. The number of benzene rings is 1. The van der Waals surface area contributed by atoms with Gasteiger partial charge in [0.05, 0.1) is 12.7 Å². The highest BCUT2D eigenvalue weighted by Gasteiger charge is 2.28. The second-order valence-corrected chi connectivity index (χ2v) is 6.97. The summed E-state index contributed by atoms with van der Waals surface area (Å²) in [6.07, 6.45) is -2.83. The first-order valence-electron chi connectivity index (χ1n) is 8.13. The van der Waals surface area contributed by atoms with Gasteiger partial charge in [-0.2, -0.15) is 13.2 Å². The van der Waals surface area contributed by atoms with Gasteiger partial charge >= 0.3 is 6.18 Å². The first-order valence-corrected chi connectivity index (χ1v) is 8.92. The molecular formula is C18H18BrF3N2O2. The Balaban J connectivity index is 1.56. The highest BCUT2D eigenvalue weighted by Crippen LogP contribution is 2.25. The Morgan fingerprint density at radius 1 is 1.27 bits per heavy atom. The van der Waals surface area contributed by atoms with Crippen LogP contribution in [0.15, 0.2) is 47.1 Å². The lowest BCUT2D eigenvalue weighted by Gasteiger charge is -2.33. The minimum atomic E-state index is -4.37. The molecule has 1 aromatic heterocycles. The van der Waals surface area contributed by atoms with E-state index in [1.54, 1.807) is 12.3 Å². The molecule has 0 radical (unpaired) electrons. The van der Waals surface area contributed by atoms with Gasteiger partial charge in [-0.3, -0.25) is 4.90 Å². The lowest BCUT2D eigenvalue weighted by atomic mass is 10.1. The highest BCUT2D eigenvalue weighted by molar-refractivity contribution is 9.10. The molecule has 1 aliphatic heterocycles. The molecule has 8 heteroatoms. The van der Waals surface area contributed by atoms with Gasteiger partial charge in [0.25, 0.3) is 0 Å². The van der Waals surface area contributed by atoms with E-state index < -0.39 is 12.8 Å². The monoisotopic (exact) mass is 430 g/mol. The van der Waals surface area contributed by atoms with E-state index in [1.165, 1.54) is 6.07 Å². The van der Waals surface area contributed by atoms with Gasteiger partial charge in [0.1, 0.15) is 0 Å². The zero-order valence-electron chi connectivity index (χ0n) is 13.9. The standard InChI is InChI=1S/C18H18BrF3N2O2/c19-15-3-1-2-14(8-15)16-11-24(6-7-25-16)10-13-4-5-17(23-9-13)26-12-18(20,21)22/h1-5,8-9,16H,6-7,10-12H2/t16-/m0/s1. The third-order valence-corrected chi connectivity index (χ3v) is 4.45. The fourth-order valence-corrected chi connectivity index (χ4v) is 3.18. The summed E-state index contributed by atoms with van der Waals surface area (Å²) in [6, 6.07) is 11.2. The summed E-state index contributed by atoms with van der Waals surface area (Å²) in [5.41, 5.74) is 2.03. The van der Waals surface area contributed by atoms with Crippen molar-refractivity contribution in [2.45, 2.75) is 18.8 Å². The van der Waals surface area contributed by atoms with Crippen molar-refractivity contribution in [3.05, 3.63) is 58.2 Å². The van der Waals surface area contributed by atoms with Crippen molar-refractivity contribution in [2.75, 3.05) is 26.3 Å². The lowest BCUT2D eigenvalue weighted by Crippen LogP contribution is -2.37. The van der Waals surface area contributed by atoms with Gasteiger partial charge in [-0.1, -0.05) is 34.1 Å². The molecule has 2 aromatic rings. The number of aromatic nitrogens is 1. The fourth-order valence-electron chi connectivity index (χ4n) is 2.76. The van der Waals surface area contributed by atoms with Gasteiger partial charge in [0, 0.05) is 36.4 Å². The van der Waals surface area contributed by atoms with Crippen LogP contribution < -0.4 is 4.74 Å². The second-order valence-electron chi connectivity index (χ2n) is 6.06. The Morgan fingerprint density at radius 2 is 2.12 bits per heavy atom. The van der Waals surface area contributed by atoms with Crippen LogP contribution in [0.3, 0.4) is 0 Å². The van der Waals surface area contributed by atoms with E-state index >= 15 is 0 Å². The molecule has 26 heavy (non-hydrogen) atoms. The molecule has 1 saturated heterocycles. The summed E-state index contributed by atoms with van der Waals surface area (Å²) < 4.78 is 48.0. The summed E-state index contributed by atoms with van der Waals surface area (Å²) in [7, 11) is 0. The molecule has 0 amide bonds. The molecule has 2 heterocycles. The van der Waals surface area contributed by atoms with Crippen molar-refractivity contribution in [2.24, 2.45) is 0 Å². The molecule has 4 nitrogen and oxygen atoms in total. The zero-order chi connectivity index (χ0) is 18.6. The maximum absolute atomic E-state index is 12.2. The first kappa shape index (κ1) is 19.1. The van der Waals surface area contributed by atoms with Gasteiger partial charge in [-0.25, -0.2) is 4.98 Å². The second kappa shape index (κ2) is 8.37. The minimum Gasteiger partial charge on any atom is -0.468 e. The van der Waals surface area contributed by atoms with E-state index in [1.807, 2.05) is 24.3 Å². The van der Waals surface area contributed by atoms with Crippen molar-refractivity contribution in [1.82, 2.24) is 9.88 Å². The van der Waals surface area contributed by atoms with Crippen LogP contribution in [-0.2, 0) is 11.3 Å². The molecule has 140 valence electrons. The number of morpholine rings is 1. The molecule has 0 spiro atoms. The van der Waals surface area contributed by atoms with E-state index in [2.05, 4.69) is 30.6 Å². The van der Waals surface area contributed by atoms with Crippen molar-refractivity contribution in [1.29, 1.82) is 0 Å². The third kappa shape index (κ3) is 5.69. The van der Waals surface area contributed by atoms with E-state index in [-0.39, 0.29) is 12.0 Å². The van der Waals surface area contributed by atoms with Crippen LogP contribution in [-0.4, -0.2) is 42.4 Å². The van der Waals surface area contributed by atoms with Gasteiger partial charge < -0.3 is 9.47 Å². The number of halogens is 4. The molecule has 0 unspecified atom stereocenters. The summed E-state index contributed by atoms with van der Waals surface area (Å²) in [5, 5.41) is 0. The maximum Gasteiger partial charge on any atom is 0.422 e. The summed E-state index contributed by atoms with van der Waals surface area (Å²) >= 11 is 3.47. The molecule has 1 atom stereocenters. The lowest BCUT2D eigenvalue weighted by molar-refractivity contribution is -0.154. The Labute approximate surface area is 158 Å². The third-order valence-electron chi connectivity index (χ3n) is 3.96. The van der Waals surface area contributed by atoms with E-state index in [4.69, 9.17) is 4.74 Å². The number of hydrogen-bond donors (Lipinski definition) is 0. The van der Waals surface area contributed by atoms with Crippen LogP contribution in [0.4, 0.5) is 13.2 Å². The van der Waals surface area contributed by atoms with E-state index in [9.17, 15) is 13.2 Å². The number of alkyl halides is 3. The van der Waals surface area contributed by atoms with E-state index in [0.717, 1.165) is 28.7 Å². The molecule has 1 aromatic carbocycles. The topological polar surface area (TPSA) is 34.6 Å². The SMILES string of the molecule is FC(F)(F)COc1ccc(CN2CCO[C@H](c3cccc(Br)c3)C2)cn1. The van der Waals surface area contributed by atoms with Gasteiger partial charge in [0.15, 0.2) is 6.61 Å². The highest BCUT2D eigenvalue weighted by atomic mass is 79.9. The Morgan fingerprint density at radius 3 is 2.81 bits per heavy atom. The summed E-state index contributed by atoms with van der Waals surface area (Å²) in [6.45, 7) is 1.47. The average Bonchev–Trinajstić information content (AvgIpc) is 2.61. The summed E-state index contributed by atoms with van der Waals surface area (Å²) in [4.78, 5) is 6.19. The molecular weight excluding hydrogens is 413 g/mol. The number of hydrogen-bond acceptors (Lipinski definition) is 4. The number of pyridine rings is 1. The largest absolute Gasteiger partial charge is 0.468 e. The first-order chi connectivity index (χ1) is 12.4. The summed E-state index contributed by atoms with van der Waals surface area (Å²) in [5.74, 6) is -0.0277. The van der Waals surface area contributed by atoms with Crippen LogP contribution in [0.2, 0.25) is 0 Å². The van der Waals surface area contributed by atoms with Gasteiger partial charge in [-0.15, -0.1) is 0 Å². The van der Waals surface area contributed by atoms with Crippen LogP contribution >= 0.6 is 15.9 Å². The average molecular weight is 431 g/mol. The van der Waals surface area contributed by atoms with Gasteiger partial charge in [0.2, 0.25) is 5.88 Å². The fraction of sp³-hybridized carbons (Fsp3) is 0.389. The van der Waals surface area contributed by atoms with Crippen molar-refractivity contribution >= 4 is 15.9 Å². The van der Waals surface area contributed by atoms with Crippen LogP contribution in [0.1, 0.15) is 17.2 Å². The predicted molar refractivity (Wildman–Crippen MR) is 93.9 cm³/mol. The number of ether oxygens (including phenoxy) is 2. The van der Waals surface area contributed by atoms with Crippen LogP contribution in [0.25, 0.3) is 0 Å². The molecule has 0 N–H and O–H groups in total. The van der Waals surface area contributed by atoms with Gasteiger partial charge in [-0.05, 0) is 23.3 Å². The molecule has 0 aliphatic carbocycles. The smallest absolute Gasteiger partial charge is 0.422 e. The van der Waals surface area contributed by atoms with Crippen molar-refractivity contribution < 1.29 is 22.6 Å². The molecule has 0 saturated carbocycles. The molecule has 1 fully saturated rings. The molecule has 3 rings (SSSR count). The Hall–Kier alpha value is -1.64. The van der Waals surface area contributed by atoms with E-state index in [0.29, 0.717) is 13.2 Å². The molecule has 0 bridgehead atoms. The Bertz CT molecular complexity index is 725. The molecule has 1 aliphatic rings. The van der Waals surface area contributed by atoms with Crippen LogP contribution in [0.5, 0.6) is 5.88 Å². The number of nitrogens with zero attached hydrogens (tertiary/aromatic N) is 2. The predicted octanol–water partition coefficient (Wildman–Crippen LogP) is 4.36. The van der Waals surface area contributed by atoms with Crippen molar-refractivity contribution in [3.8, 4) is 5.88 Å². The number of rotatable bonds is 5. The minimum absolute atomic E-state index is 0.0106. The Kier molecular flexibility index (Phi) is 6.16. The van der Waals surface area contributed by atoms with Crippen molar-refractivity contribution in [3.63, 3.8) is 0 Å².